The first-order valence-electron chi connectivity index (χ1n) is 9.02. The van der Waals surface area contributed by atoms with E-state index in [1.807, 2.05) is 0 Å². The zero-order valence-corrected chi connectivity index (χ0v) is 17.1. The van der Waals surface area contributed by atoms with E-state index in [0.29, 0.717) is 23.9 Å². The SMILES string of the molecule is Cc1c(C)c(N(C(C)C(C)C)C(C)C(C)C)c(C)c(C)c1N=C=O. The molecular weight excluding hydrogens is 296 g/mol. The molecule has 0 heterocycles. The van der Waals surface area contributed by atoms with Crippen molar-refractivity contribution in [3.05, 3.63) is 22.3 Å². The number of nitrogens with zero attached hydrogens (tertiary/aromatic N) is 2. The molecule has 0 aromatic heterocycles. The zero-order valence-electron chi connectivity index (χ0n) is 17.1. The second-order valence-corrected chi connectivity index (χ2v) is 7.78. The van der Waals surface area contributed by atoms with Gasteiger partial charge in [0.1, 0.15) is 0 Å². The third-order valence-electron chi connectivity index (χ3n) is 5.77. The van der Waals surface area contributed by atoms with E-state index in [1.165, 1.54) is 16.8 Å². The molecule has 0 spiro atoms. The van der Waals surface area contributed by atoms with Crippen LogP contribution in [0.2, 0.25) is 0 Å². The molecule has 0 aliphatic carbocycles. The molecular formula is C21H34N2O. The van der Waals surface area contributed by atoms with Gasteiger partial charge >= 0.3 is 0 Å². The predicted molar refractivity (Wildman–Crippen MR) is 104 cm³/mol. The zero-order chi connectivity index (χ0) is 18.8. The molecule has 0 radical (unpaired) electrons. The molecule has 2 unspecified atom stereocenters. The maximum absolute atomic E-state index is 10.8. The molecule has 0 aliphatic heterocycles. The van der Waals surface area contributed by atoms with Crippen LogP contribution in [-0.2, 0) is 4.79 Å². The summed E-state index contributed by atoms with van der Waals surface area (Å²) in [4.78, 5) is 17.4. The Morgan fingerprint density at radius 3 is 1.42 bits per heavy atom. The summed E-state index contributed by atoms with van der Waals surface area (Å²) in [6, 6.07) is 0.859. The summed E-state index contributed by atoms with van der Waals surface area (Å²) in [5.74, 6) is 1.11. The number of hydrogen-bond donors (Lipinski definition) is 0. The minimum absolute atomic E-state index is 0.430. The molecule has 3 nitrogen and oxygen atoms in total. The van der Waals surface area contributed by atoms with E-state index >= 15 is 0 Å². The first-order valence-corrected chi connectivity index (χ1v) is 9.02. The van der Waals surface area contributed by atoms with Gasteiger partial charge in [-0.1, -0.05) is 27.7 Å². The molecule has 0 amide bonds. The largest absolute Gasteiger partial charge is 0.365 e. The molecule has 0 aliphatic rings. The first-order chi connectivity index (χ1) is 11.1. The van der Waals surface area contributed by atoms with Crippen LogP contribution in [0.3, 0.4) is 0 Å². The highest BCUT2D eigenvalue weighted by molar-refractivity contribution is 5.74. The van der Waals surface area contributed by atoms with Gasteiger partial charge in [0.2, 0.25) is 6.08 Å². The maximum atomic E-state index is 10.8. The summed E-state index contributed by atoms with van der Waals surface area (Å²) in [5.41, 5.74) is 6.66. The summed E-state index contributed by atoms with van der Waals surface area (Å²) in [5, 5.41) is 0. The average molecular weight is 331 g/mol. The van der Waals surface area contributed by atoms with E-state index in [9.17, 15) is 4.79 Å². The molecule has 0 bridgehead atoms. The topological polar surface area (TPSA) is 32.7 Å². The van der Waals surface area contributed by atoms with Crippen LogP contribution in [0.4, 0.5) is 11.4 Å². The molecule has 134 valence electrons. The summed E-state index contributed by atoms with van der Waals surface area (Å²) >= 11 is 0. The van der Waals surface area contributed by atoms with Gasteiger partial charge in [-0.05, 0) is 75.6 Å². The second-order valence-electron chi connectivity index (χ2n) is 7.78. The van der Waals surface area contributed by atoms with Crippen LogP contribution >= 0.6 is 0 Å². The molecule has 1 aromatic rings. The average Bonchev–Trinajstić information content (AvgIpc) is 2.52. The standard InChI is InChI=1S/C21H34N2O/c1-12(2)18(9)23(19(10)13(3)4)21-16(7)14(5)20(22-11-24)15(6)17(21)8/h12-13,18-19H,1-10H3. The lowest BCUT2D eigenvalue weighted by Gasteiger charge is -2.43. The Morgan fingerprint density at radius 2 is 1.12 bits per heavy atom. The van der Waals surface area contributed by atoms with E-state index in [4.69, 9.17) is 0 Å². The normalized spacial score (nSPS) is 13.8. The molecule has 0 fully saturated rings. The third-order valence-corrected chi connectivity index (χ3v) is 5.77. The predicted octanol–water partition coefficient (Wildman–Crippen LogP) is 5.78. The van der Waals surface area contributed by atoms with Crippen molar-refractivity contribution in [2.45, 2.75) is 81.3 Å². The van der Waals surface area contributed by atoms with Crippen LogP contribution in [0.1, 0.15) is 63.8 Å². The number of anilines is 1. The van der Waals surface area contributed by atoms with Crippen LogP contribution in [0.5, 0.6) is 0 Å². The minimum atomic E-state index is 0.430. The van der Waals surface area contributed by atoms with Crippen LogP contribution in [0.25, 0.3) is 0 Å². The number of hydrogen-bond acceptors (Lipinski definition) is 3. The van der Waals surface area contributed by atoms with Gasteiger partial charge in [-0.2, -0.15) is 4.99 Å². The highest BCUT2D eigenvalue weighted by Gasteiger charge is 2.29. The third kappa shape index (κ3) is 3.72. The number of isocyanates is 1. The fraction of sp³-hybridized carbons (Fsp3) is 0.667. The maximum Gasteiger partial charge on any atom is 0.240 e. The summed E-state index contributed by atoms with van der Waals surface area (Å²) in [6.07, 6.45) is 1.71. The molecule has 0 N–H and O–H groups in total. The van der Waals surface area contributed by atoms with Gasteiger partial charge in [0.15, 0.2) is 0 Å². The van der Waals surface area contributed by atoms with Gasteiger partial charge in [0.05, 0.1) is 5.69 Å². The highest BCUT2D eigenvalue weighted by Crippen LogP contribution is 2.40. The Hall–Kier alpha value is -1.60. The number of carbonyl (C=O) groups excluding carboxylic acids is 1. The Bertz CT molecular complexity index is 597. The Morgan fingerprint density at radius 1 is 0.750 bits per heavy atom. The summed E-state index contributed by atoms with van der Waals surface area (Å²) in [7, 11) is 0. The monoisotopic (exact) mass is 330 g/mol. The van der Waals surface area contributed by atoms with Gasteiger partial charge in [-0.25, -0.2) is 4.79 Å². The van der Waals surface area contributed by atoms with Crippen LogP contribution < -0.4 is 4.90 Å². The van der Waals surface area contributed by atoms with E-state index in [0.717, 1.165) is 16.8 Å². The smallest absolute Gasteiger partial charge is 0.240 e. The van der Waals surface area contributed by atoms with Crippen molar-refractivity contribution < 1.29 is 4.79 Å². The lowest BCUT2D eigenvalue weighted by atomic mass is 9.90. The number of benzene rings is 1. The lowest BCUT2D eigenvalue weighted by molar-refractivity contribution is 0.393. The molecule has 2 atom stereocenters. The molecule has 3 heteroatoms. The van der Waals surface area contributed by atoms with Crippen molar-refractivity contribution in [1.29, 1.82) is 0 Å². The van der Waals surface area contributed by atoms with Gasteiger partial charge in [0, 0.05) is 17.8 Å². The molecule has 1 aromatic carbocycles. The van der Waals surface area contributed by atoms with E-state index in [-0.39, 0.29) is 0 Å². The van der Waals surface area contributed by atoms with Crippen molar-refractivity contribution in [2.75, 3.05) is 4.90 Å². The lowest BCUT2D eigenvalue weighted by Crippen LogP contribution is -2.46. The molecule has 24 heavy (non-hydrogen) atoms. The van der Waals surface area contributed by atoms with Gasteiger partial charge in [0.25, 0.3) is 0 Å². The van der Waals surface area contributed by atoms with Crippen LogP contribution in [-0.4, -0.2) is 18.2 Å². The molecule has 0 saturated heterocycles. The Labute approximate surface area is 148 Å². The van der Waals surface area contributed by atoms with Crippen molar-refractivity contribution in [3.63, 3.8) is 0 Å². The quantitative estimate of drug-likeness (QED) is 0.489. The van der Waals surface area contributed by atoms with Crippen molar-refractivity contribution in [2.24, 2.45) is 16.8 Å². The minimum Gasteiger partial charge on any atom is -0.365 e. The van der Waals surface area contributed by atoms with Gasteiger partial charge in [-0.3, -0.25) is 0 Å². The van der Waals surface area contributed by atoms with Crippen LogP contribution in [0.15, 0.2) is 4.99 Å². The summed E-state index contributed by atoms with van der Waals surface area (Å²) in [6.45, 7) is 22.1. The van der Waals surface area contributed by atoms with E-state index in [1.54, 1.807) is 6.08 Å². The van der Waals surface area contributed by atoms with Crippen molar-refractivity contribution >= 4 is 17.5 Å². The molecule has 1 rings (SSSR count). The number of rotatable bonds is 6. The van der Waals surface area contributed by atoms with Gasteiger partial charge < -0.3 is 4.90 Å². The first kappa shape index (κ1) is 20.4. The van der Waals surface area contributed by atoms with Crippen molar-refractivity contribution in [1.82, 2.24) is 0 Å². The Kier molecular flexibility index (Phi) is 6.80. The number of aliphatic imine (C=N–C) groups is 1. The van der Waals surface area contributed by atoms with Crippen LogP contribution in [0, 0.1) is 39.5 Å². The second kappa shape index (κ2) is 7.98. The highest BCUT2D eigenvalue weighted by atomic mass is 16.1. The van der Waals surface area contributed by atoms with E-state index < -0.39 is 0 Å². The molecule has 0 saturated carbocycles. The fourth-order valence-corrected chi connectivity index (χ4v) is 3.29. The van der Waals surface area contributed by atoms with Gasteiger partial charge in [-0.15, -0.1) is 0 Å². The van der Waals surface area contributed by atoms with E-state index in [2.05, 4.69) is 79.1 Å². The summed E-state index contributed by atoms with van der Waals surface area (Å²) < 4.78 is 0. The fourth-order valence-electron chi connectivity index (χ4n) is 3.29. The van der Waals surface area contributed by atoms with Crippen molar-refractivity contribution in [3.8, 4) is 0 Å². The Balaban J connectivity index is 3.74.